The summed E-state index contributed by atoms with van der Waals surface area (Å²) in [6.45, 7) is 6.40. The predicted octanol–water partition coefficient (Wildman–Crippen LogP) is 16.4. The summed E-state index contributed by atoms with van der Waals surface area (Å²) >= 11 is 0. The average molecular weight is 909 g/mol. The van der Waals surface area contributed by atoms with E-state index >= 15 is 0 Å². The fourth-order valence-electron chi connectivity index (χ4n) is 10.7. The molecule has 0 unspecified atom stereocenters. The van der Waals surface area contributed by atoms with Gasteiger partial charge in [0.25, 0.3) is 0 Å². The van der Waals surface area contributed by atoms with E-state index in [1.807, 2.05) is 97.9 Å². The van der Waals surface area contributed by atoms with Gasteiger partial charge in [0.1, 0.15) is 0 Å². The van der Waals surface area contributed by atoms with Crippen molar-refractivity contribution in [3.05, 3.63) is 271 Å². The fourth-order valence-corrected chi connectivity index (χ4v) is 10.7. The molecule has 0 saturated carbocycles. The van der Waals surface area contributed by atoms with Crippen LogP contribution in [0, 0.1) is 0 Å². The lowest BCUT2D eigenvalue weighted by Crippen LogP contribution is -2.07. The maximum atomic E-state index is 14.6. The van der Waals surface area contributed by atoms with Crippen molar-refractivity contribution >= 4 is 66.6 Å². The number of nitrogens with zero attached hydrogens (tertiary/aromatic N) is 4. The van der Waals surface area contributed by atoms with E-state index < -0.39 is 0 Å². The highest BCUT2D eigenvalue weighted by Gasteiger charge is 2.33. The van der Waals surface area contributed by atoms with Crippen LogP contribution in [-0.4, -0.2) is 26.5 Å². The first-order chi connectivity index (χ1) is 35.0. The van der Waals surface area contributed by atoms with Gasteiger partial charge in [0.15, 0.2) is 11.6 Å². The standard InChI is InChI=1S/C66H44N4O/c1-42(44-19-7-3-8-20-44)67-66(68-43(2)45-21-9-4-10-22-45)55-31-18-30-54-64(55)63-51(28-17-29-53(63)65(54)71)48-35-38-62-58(41-48)57-40-47(34-37-61(57)70(62)50-25-13-6-14-26-50)46-33-36-60-56(39-46)52-27-15-16-32-59(52)69(60)49-23-11-5-12-24-49/h3-41H,1H2,2H3. The van der Waals surface area contributed by atoms with Crippen LogP contribution in [0.25, 0.3) is 94.1 Å². The summed E-state index contributed by atoms with van der Waals surface area (Å²) in [7, 11) is 0. The van der Waals surface area contributed by atoms with Gasteiger partial charge >= 0.3 is 0 Å². The van der Waals surface area contributed by atoms with Crippen molar-refractivity contribution in [2.45, 2.75) is 6.92 Å². The Labute approximate surface area is 411 Å². The van der Waals surface area contributed by atoms with Crippen molar-refractivity contribution in [2.24, 2.45) is 9.98 Å². The Kier molecular flexibility index (Phi) is 9.96. The molecule has 0 amide bonds. The van der Waals surface area contributed by atoms with Gasteiger partial charge in [0, 0.05) is 66.4 Å². The molecule has 0 atom stereocenters. The number of fused-ring (bicyclic) bond motifs is 9. The third-order valence-corrected chi connectivity index (χ3v) is 14.0. The third kappa shape index (κ3) is 6.97. The molecule has 0 N–H and O–H groups in total. The van der Waals surface area contributed by atoms with E-state index in [0.29, 0.717) is 22.7 Å². The normalized spacial score (nSPS) is 12.5. The van der Waals surface area contributed by atoms with Crippen molar-refractivity contribution in [3.8, 4) is 44.8 Å². The molecule has 2 aromatic heterocycles. The molecule has 5 nitrogen and oxygen atoms in total. The highest BCUT2D eigenvalue weighted by atomic mass is 16.1. The highest BCUT2D eigenvalue weighted by molar-refractivity contribution is 6.28. The quantitative estimate of drug-likeness (QED) is 0.111. The lowest BCUT2D eigenvalue weighted by atomic mass is 9.90. The van der Waals surface area contributed by atoms with E-state index in [9.17, 15) is 4.79 Å². The third-order valence-electron chi connectivity index (χ3n) is 14.0. The molecule has 0 spiro atoms. The van der Waals surface area contributed by atoms with Crippen molar-refractivity contribution in [2.75, 3.05) is 0 Å². The number of carbonyl (C=O) groups is 1. The molecule has 0 aliphatic heterocycles. The number of ketones is 1. The van der Waals surface area contributed by atoms with E-state index in [2.05, 4.69) is 161 Å². The Morgan fingerprint density at radius 1 is 0.394 bits per heavy atom. The van der Waals surface area contributed by atoms with Crippen LogP contribution in [0.1, 0.15) is 39.5 Å². The second kappa shape index (κ2) is 17.0. The lowest BCUT2D eigenvalue weighted by molar-refractivity contribution is 0.104. The van der Waals surface area contributed by atoms with Gasteiger partial charge < -0.3 is 9.13 Å². The van der Waals surface area contributed by atoms with Crippen LogP contribution in [0.5, 0.6) is 0 Å². The topological polar surface area (TPSA) is 51.6 Å². The number of rotatable bonds is 8. The van der Waals surface area contributed by atoms with Crippen molar-refractivity contribution in [3.63, 3.8) is 0 Å². The molecular formula is C66H44N4O. The smallest absolute Gasteiger partial charge is 0.194 e. The molecule has 71 heavy (non-hydrogen) atoms. The Bertz CT molecular complexity index is 4180. The van der Waals surface area contributed by atoms with E-state index in [1.165, 1.54) is 21.8 Å². The van der Waals surface area contributed by atoms with E-state index in [4.69, 9.17) is 9.98 Å². The van der Waals surface area contributed by atoms with Crippen LogP contribution >= 0.6 is 0 Å². The zero-order valence-electron chi connectivity index (χ0n) is 38.9. The molecule has 1 aliphatic rings. The Morgan fingerprint density at radius 3 is 1.45 bits per heavy atom. The van der Waals surface area contributed by atoms with Crippen molar-refractivity contribution < 1.29 is 4.79 Å². The number of aliphatic imine (C=N–C) groups is 2. The molecule has 5 heteroatoms. The summed E-state index contributed by atoms with van der Waals surface area (Å²) in [6.07, 6.45) is 0. The second-order valence-corrected chi connectivity index (χ2v) is 18.2. The van der Waals surface area contributed by atoms with Crippen molar-refractivity contribution in [1.29, 1.82) is 0 Å². The molecule has 0 radical (unpaired) electrons. The largest absolute Gasteiger partial charge is 0.309 e. The first-order valence-corrected chi connectivity index (χ1v) is 24.0. The van der Waals surface area contributed by atoms with E-state index in [1.54, 1.807) is 0 Å². The van der Waals surface area contributed by atoms with Crippen LogP contribution in [0.2, 0.25) is 0 Å². The molecule has 1 aliphatic carbocycles. The summed E-state index contributed by atoms with van der Waals surface area (Å²) < 4.78 is 4.71. The highest BCUT2D eigenvalue weighted by Crippen LogP contribution is 2.47. The molecule has 2 heterocycles. The van der Waals surface area contributed by atoms with Gasteiger partial charge in [-0.15, -0.1) is 0 Å². The number of amidine groups is 1. The number of aromatic nitrogens is 2. The first-order valence-electron chi connectivity index (χ1n) is 24.0. The first kappa shape index (κ1) is 41.7. The molecule has 0 fully saturated rings. The van der Waals surface area contributed by atoms with E-state index in [-0.39, 0.29) is 5.78 Å². The van der Waals surface area contributed by atoms with Crippen molar-refractivity contribution in [1.82, 2.24) is 9.13 Å². The summed E-state index contributed by atoms with van der Waals surface area (Å²) in [4.78, 5) is 25.0. The zero-order valence-corrected chi connectivity index (χ0v) is 38.9. The molecule has 334 valence electrons. The maximum Gasteiger partial charge on any atom is 0.194 e. The van der Waals surface area contributed by atoms with Crippen LogP contribution < -0.4 is 0 Å². The monoisotopic (exact) mass is 908 g/mol. The summed E-state index contributed by atoms with van der Waals surface area (Å²) in [5.41, 5.74) is 18.1. The number of hydrogen-bond acceptors (Lipinski definition) is 2. The van der Waals surface area contributed by atoms with Crippen LogP contribution in [0.3, 0.4) is 0 Å². The van der Waals surface area contributed by atoms with Gasteiger partial charge in [0.2, 0.25) is 0 Å². The fraction of sp³-hybridized carbons (Fsp3) is 0.0152. The number of carbonyl (C=O) groups excluding carboxylic acids is 1. The molecule has 0 saturated heterocycles. The molecule has 10 aromatic carbocycles. The minimum absolute atomic E-state index is 0.0149. The Balaban J connectivity index is 0.997. The minimum atomic E-state index is -0.0149. The van der Waals surface area contributed by atoms with Gasteiger partial charge in [-0.3, -0.25) is 4.79 Å². The number of hydrogen-bond donors (Lipinski definition) is 0. The lowest BCUT2D eigenvalue weighted by Gasteiger charge is -2.15. The SMILES string of the molecule is C=C(N=C(N=C(C)c1ccccc1)c1cccc2c1-c1c(cccc1-c1ccc3c(c1)c1cc(-c4ccc5c(c4)c4ccccc4n5-c4ccccc4)ccc1n3-c1ccccc1)C2=O)c1ccccc1. The second-order valence-electron chi connectivity index (χ2n) is 18.2. The summed E-state index contributed by atoms with van der Waals surface area (Å²) in [5, 5.41) is 4.68. The maximum absolute atomic E-state index is 14.6. The van der Waals surface area contributed by atoms with Crippen LogP contribution in [-0.2, 0) is 0 Å². The zero-order chi connectivity index (χ0) is 47.6. The molecule has 0 bridgehead atoms. The molecular weight excluding hydrogens is 865 g/mol. The van der Waals surface area contributed by atoms with Gasteiger partial charge in [0.05, 0.1) is 27.8 Å². The van der Waals surface area contributed by atoms with Crippen LogP contribution in [0.15, 0.2) is 253 Å². The Morgan fingerprint density at radius 2 is 0.845 bits per heavy atom. The van der Waals surface area contributed by atoms with Gasteiger partial charge in [-0.1, -0.05) is 176 Å². The molecule has 13 rings (SSSR count). The minimum Gasteiger partial charge on any atom is -0.309 e. The predicted molar refractivity (Wildman–Crippen MR) is 296 cm³/mol. The molecule has 12 aromatic rings. The van der Waals surface area contributed by atoms with E-state index in [0.717, 1.165) is 89.0 Å². The Hall–Kier alpha value is -9.45. The number of para-hydroxylation sites is 3. The average Bonchev–Trinajstić information content (AvgIpc) is 4.06. The number of benzene rings is 10. The van der Waals surface area contributed by atoms with Gasteiger partial charge in [-0.05, 0) is 107 Å². The van der Waals surface area contributed by atoms with Crippen LogP contribution in [0.4, 0.5) is 0 Å². The van der Waals surface area contributed by atoms with Gasteiger partial charge in [-0.2, -0.15) is 0 Å². The summed E-state index contributed by atoms with van der Waals surface area (Å²) in [5.74, 6) is 0.475. The summed E-state index contributed by atoms with van der Waals surface area (Å²) in [6, 6.07) is 82.3. The van der Waals surface area contributed by atoms with Gasteiger partial charge in [-0.25, -0.2) is 9.98 Å².